The highest BCUT2D eigenvalue weighted by Crippen LogP contribution is 2.20. The van der Waals surface area contributed by atoms with Crippen LogP contribution in [0, 0.1) is 0 Å². The standard InChI is InChI=1S/C17H20BrN5O/c1-3-23-15-7-6-12(18)9-14(15)22-16(23)11-21-17(19-2)20-10-13-5-4-8-24-13/h4-9H,3,10-11H2,1-2H3,(H2,19,20,21). The van der Waals surface area contributed by atoms with Gasteiger partial charge >= 0.3 is 0 Å². The number of aromatic nitrogens is 2. The van der Waals surface area contributed by atoms with Gasteiger partial charge in [-0.25, -0.2) is 4.98 Å². The van der Waals surface area contributed by atoms with Crippen LogP contribution in [0.5, 0.6) is 0 Å². The molecular formula is C17H20BrN5O. The number of benzene rings is 1. The van der Waals surface area contributed by atoms with Crippen LogP contribution in [0.3, 0.4) is 0 Å². The average molecular weight is 390 g/mol. The minimum atomic E-state index is 0.587. The molecule has 0 unspecified atom stereocenters. The molecule has 0 spiro atoms. The summed E-state index contributed by atoms with van der Waals surface area (Å²) in [6, 6.07) is 9.96. The summed E-state index contributed by atoms with van der Waals surface area (Å²) < 4.78 is 8.55. The van der Waals surface area contributed by atoms with Gasteiger partial charge in [0.05, 0.1) is 30.4 Å². The zero-order valence-corrected chi connectivity index (χ0v) is 15.3. The van der Waals surface area contributed by atoms with E-state index < -0.39 is 0 Å². The SMILES string of the molecule is CCn1c(CNC(=NC)NCc2ccco2)nc2cc(Br)ccc21. The molecule has 0 saturated carbocycles. The molecule has 0 bridgehead atoms. The molecule has 2 aromatic heterocycles. The quantitative estimate of drug-likeness (QED) is 0.518. The molecule has 3 rings (SSSR count). The van der Waals surface area contributed by atoms with Crippen molar-refractivity contribution >= 4 is 32.9 Å². The first kappa shape index (κ1) is 16.6. The number of nitrogens with zero attached hydrogens (tertiary/aromatic N) is 3. The van der Waals surface area contributed by atoms with Crippen molar-refractivity contribution in [3.63, 3.8) is 0 Å². The zero-order valence-electron chi connectivity index (χ0n) is 13.7. The first-order valence-corrected chi connectivity index (χ1v) is 8.62. The van der Waals surface area contributed by atoms with E-state index in [9.17, 15) is 0 Å². The van der Waals surface area contributed by atoms with Gasteiger partial charge < -0.3 is 19.6 Å². The Bertz CT molecular complexity index is 838. The van der Waals surface area contributed by atoms with Gasteiger partial charge in [0.15, 0.2) is 5.96 Å². The minimum absolute atomic E-state index is 0.587. The monoisotopic (exact) mass is 389 g/mol. The third-order valence-electron chi connectivity index (χ3n) is 3.75. The number of aliphatic imine (C=N–C) groups is 1. The van der Waals surface area contributed by atoms with Gasteiger partial charge in [0.1, 0.15) is 11.6 Å². The number of hydrogen-bond donors (Lipinski definition) is 2. The van der Waals surface area contributed by atoms with Crippen molar-refractivity contribution in [2.75, 3.05) is 7.05 Å². The third-order valence-corrected chi connectivity index (χ3v) is 4.25. The van der Waals surface area contributed by atoms with E-state index in [1.54, 1.807) is 13.3 Å². The molecule has 6 nitrogen and oxygen atoms in total. The predicted molar refractivity (Wildman–Crippen MR) is 98.9 cm³/mol. The Morgan fingerprint density at radius 2 is 2.12 bits per heavy atom. The van der Waals surface area contributed by atoms with Gasteiger partial charge in [-0.2, -0.15) is 0 Å². The molecule has 3 aromatic rings. The van der Waals surface area contributed by atoms with Gasteiger partial charge in [-0.05, 0) is 37.3 Å². The topological polar surface area (TPSA) is 67.4 Å². The highest BCUT2D eigenvalue weighted by atomic mass is 79.9. The van der Waals surface area contributed by atoms with Crippen molar-refractivity contribution < 1.29 is 4.42 Å². The number of rotatable bonds is 5. The molecule has 0 aliphatic rings. The number of imidazole rings is 1. The first-order chi connectivity index (χ1) is 11.7. The van der Waals surface area contributed by atoms with Gasteiger partial charge in [0.25, 0.3) is 0 Å². The highest BCUT2D eigenvalue weighted by Gasteiger charge is 2.10. The summed E-state index contributed by atoms with van der Waals surface area (Å²) in [5.74, 6) is 2.55. The van der Waals surface area contributed by atoms with Gasteiger partial charge in [-0.3, -0.25) is 4.99 Å². The summed E-state index contributed by atoms with van der Waals surface area (Å²) >= 11 is 3.50. The summed E-state index contributed by atoms with van der Waals surface area (Å²) in [5.41, 5.74) is 2.12. The maximum Gasteiger partial charge on any atom is 0.191 e. The first-order valence-electron chi connectivity index (χ1n) is 7.82. The number of furan rings is 1. The molecule has 2 heterocycles. The van der Waals surface area contributed by atoms with Crippen LogP contribution in [-0.2, 0) is 19.6 Å². The smallest absolute Gasteiger partial charge is 0.191 e. The Hall–Kier alpha value is -2.28. The Labute approximate surface area is 149 Å². The molecule has 126 valence electrons. The number of nitrogens with one attached hydrogen (secondary N) is 2. The van der Waals surface area contributed by atoms with Gasteiger partial charge in [0, 0.05) is 18.1 Å². The number of guanidine groups is 1. The lowest BCUT2D eigenvalue weighted by Crippen LogP contribution is -2.36. The van der Waals surface area contributed by atoms with Crippen LogP contribution >= 0.6 is 15.9 Å². The fraction of sp³-hybridized carbons (Fsp3) is 0.294. The van der Waals surface area contributed by atoms with Crippen LogP contribution in [-0.4, -0.2) is 22.6 Å². The van der Waals surface area contributed by atoms with Gasteiger partial charge in [0.2, 0.25) is 0 Å². The number of fused-ring (bicyclic) bond motifs is 1. The van der Waals surface area contributed by atoms with Gasteiger partial charge in [-0.15, -0.1) is 0 Å². The normalized spacial score (nSPS) is 11.9. The fourth-order valence-electron chi connectivity index (χ4n) is 2.61. The Kier molecular flexibility index (Phi) is 5.20. The van der Waals surface area contributed by atoms with Crippen LogP contribution < -0.4 is 10.6 Å². The van der Waals surface area contributed by atoms with E-state index in [0.717, 1.165) is 33.6 Å². The van der Waals surface area contributed by atoms with Crippen molar-refractivity contribution in [2.24, 2.45) is 4.99 Å². The van der Waals surface area contributed by atoms with Crippen molar-refractivity contribution in [1.82, 2.24) is 20.2 Å². The summed E-state index contributed by atoms with van der Waals surface area (Å²) in [6.07, 6.45) is 1.66. The lowest BCUT2D eigenvalue weighted by Gasteiger charge is -2.11. The van der Waals surface area contributed by atoms with Crippen LogP contribution in [0.4, 0.5) is 0 Å². The van der Waals surface area contributed by atoms with E-state index in [1.165, 1.54) is 0 Å². The number of halogens is 1. The van der Waals surface area contributed by atoms with Crippen LogP contribution in [0.1, 0.15) is 18.5 Å². The summed E-state index contributed by atoms with van der Waals surface area (Å²) in [6.45, 7) is 4.17. The highest BCUT2D eigenvalue weighted by molar-refractivity contribution is 9.10. The third kappa shape index (κ3) is 3.62. The van der Waals surface area contributed by atoms with Crippen LogP contribution in [0.25, 0.3) is 11.0 Å². The summed E-state index contributed by atoms with van der Waals surface area (Å²) in [4.78, 5) is 8.96. The lowest BCUT2D eigenvalue weighted by atomic mass is 10.3. The summed E-state index contributed by atoms with van der Waals surface area (Å²) in [5, 5.41) is 6.52. The van der Waals surface area contributed by atoms with E-state index in [0.29, 0.717) is 19.0 Å². The maximum absolute atomic E-state index is 5.31. The molecule has 1 aromatic carbocycles. The molecule has 0 aliphatic carbocycles. The Morgan fingerprint density at radius 1 is 1.29 bits per heavy atom. The second-order valence-corrected chi connectivity index (χ2v) is 6.18. The second-order valence-electron chi connectivity index (χ2n) is 5.26. The van der Waals surface area contributed by atoms with E-state index >= 15 is 0 Å². The molecule has 0 amide bonds. The fourth-order valence-corrected chi connectivity index (χ4v) is 2.96. The van der Waals surface area contributed by atoms with Crippen LogP contribution in [0.15, 0.2) is 50.5 Å². The van der Waals surface area contributed by atoms with E-state index in [-0.39, 0.29) is 0 Å². The van der Waals surface area contributed by atoms with E-state index in [1.807, 2.05) is 24.3 Å². The van der Waals surface area contributed by atoms with Crippen molar-refractivity contribution in [1.29, 1.82) is 0 Å². The lowest BCUT2D eigenvalue weighted by molar-refractivity contribution is 0.501. The molecule has 24 heavy (non-hydrogen) atoms. The molecule has 0 aliphatic heterocycles. The maximum atomic E-state index is 5.31. The summed E-state index contributed by atoms with van der Waals surface area (Å²) in [7, 11) is 1.75. The predicted octanol–water partition coefficient (Wildman–Crippen LogP) is 3.28. The van der Waals surface area contributed by atoms with Crippen LogP contribution in [0.2, 0.25) is 0 Å². The molecule has 0 radical (unpaired) electrons. The molecule has 2 N–H and O–H groups in total. The molecule has 7 heteroatoms. The molecular weight excluding hydrogens is 370 g/mol. The zero-order chi connectivity index (χ0) is 16.9. The van der Waals surface area contributed by atoms with Crippen molar-refractivity contribution in [3.05, 3.63) is 52.7 Å². The second kappa shape index (κ2) is 7.53. The molecule has 0 fully saturated rings. The Morgan fingerprint density at radius 3 is 2.83 bits per heavy atom. The number of aryl methyl sites for hydroxylation is 1. The van der Waals surface area contributed by atoms with Gasteiger partial charge in [-0.1, -0.05) is 15.9 Å². The Balaban J connectivity index is 1.69. The van der Waals surface area contributed by atoms with E-state index in [2.05, 4.69) is 49.1 Å². The van der Waals surface area contributed by atoms with E-state index in [4.69, 9.17) is 9.40 Å². The minimum Gasteiger partial charge on any atom is -0.467 e. The van der Waals surface area contributed by atoms with Crippen molar-refractivity contribution in [3.8, 4) is 0 Å². The number of hydrogen-bond acceptors (Lipinski definition) is 3. The largest absolute Gasteiger partial charge is 0.467 e. The average Bonchev–Trinajstić information content (AvgIpc) is 3.21. The molecule has 0 atom stereocenters. The van der Waals surface area contributed by atoms with Crippen molar-refractivity contribution in [2.45, 2.75) is 26.6 Å². The molecule has 0 saturated heterocycles.